The number of nitrogens with one attached hydrogen (secondary N) is 1. The Balaban J connectivity index is 0.000000478. The fourth-order valence-corrected chi connectivity index (χ4v) is 3.53. The van der Waals surface area contributed by atoms with Crippen molar-refractivity contribution in [3.63, 3.8) is 0 Å². The summed E-state index contributed by atoms with van der Waals surface area (Å²) in [5.41, 5.74) is 10.3. The third-order valence-electron chi connectivity index (χ3n) is 4.99. The Bertz CT molecular complexity index is 518. The molecule has 2 rings (SSSR count). The number of amides is 1. The lowest BCUT2D eigenvalue weighted by atomic mass is 9.94. The minimum absolute atomic E-state index is 0.0910. The van der Waals surface area contributed by atoms with E-state index in [-0.39, 0.29) is 32.2 Å². The SMILES string of the molecule is NC(=O)CNCC(=O)O.NC1CCCCC1.O=C(O)CN(CC(=O)O)C1CCCCC1. The Labute approximate surface area is 183 Å². The highest BCUT2D eigenvalue weighted by atomic mass is 16.4. The number of primary amides is 1. The zero-order chi connectivity index (χ0) is 23.6. The lowest BCUT2D eigenvalue weighted by Crippen LogP contribution is -2.43. The maximum Gasteiger partial charge on any atom is 0.317 e. The van der Waals surface area contributed by atoms with E-state index in [0.717, 1.165) is 25.7 Å². The van der Waals surface area contributed by atoms with Gasteiger partial charge in [-0.3, -0.25) is 29.4 Å². The molecule has 180 valence electrons. The van der Waals surface area contributed by atoms with E-state index in [1.807, 2.05) is 0 Å². The van der Waals surface area contributed by atoms with Crippen LogP contribution in [-0.2, 0) is 19.2 Å². The van der Waals surface area contributed by atoms with Crippen LogP contribution >= 0.6 is 0 Å². The van der Waals surface area contributed by atoms with Gasteiger partial charge in [0.1, 0.15) is 0 Å². The van der Waals surface area contributed by atoms with Gasteiger partial charge in [0.25, 0.3) is 0 Å². The topological polar surface area (TPSA) is 196 Å². The molecular weight excluding hydrogens is 408 g/mol. The largest absolute Gasteiger partial charge is 0.480 e. The van der Waals surface area contributed by atoms with Gasteiger partial charge in [-0.1, -0.05) is 38.5 Å². The molecule has 2 aliphatic rings. The summed E-state index contributed by atoms with van der Waals surface area (Å²) in [5.74, 6) is -3.48. The Morgan fingerprint density at radius 2 is 1.19 bits per heavy atom. The first kappa shape index (κ1) is 28.8. The van der Waals surface area contributed by atoms with Crippen LogP contribution in [0.15, 0.2) is 0 Å². The van der Waals surface area contributed by atoms with Crippen molar-refractivity contribution in [2.75, 3.05) is 26.2 Å². The normalized spacial score (nSPS) is 17.0. The van der Waals surface area contributed by atoms with Gasteiger partial charge in [0.15, 0.2) is 0 Å². The van der Waals surface area contributed by atoms with E-state index in [9.17, 15) is 19.2 Å². The summed E-state index contributed by atoms with van der Waals surface area (Å²) in [4.78, 5) is 42.5. The van der Waals surface area contributed by atoms with Crippen LogP contribution in [0.5, 0.6) is 0 Å². The first-order valence-corrected chi connectivity index (χ1v) is 10.8. The van der Waals surface area contributed by atoms with Gasteiger partial charge in [-0.15, -0.1) is 0 Å². The fraction of sp³-hybridized carbons (Fsp3) is 0.800. The highest BCUT2D eigenvalue weighted by Crippen LogP contribution is 2.22. The smallest absolute Gasteiger partial charge is 0.317 e. The molecule has 11 nitrogen and oxygen atoms in total. The number of aliphatic carboxylic acids is 3. The highest BCUT2D eigenvalue weighted by molar-refractivity contribution is 5.77. The predicted octanol–water partition coefficient (Wildman–Crippen LogP) is 0.214. The number of carboxylic acid groups (broad SMARTS) is 3. The Kier molecular flexibility index (Phi) is 16.2. The minimum atomic E-state index is -1.00. The zero-order valence-corrected chi connectivity index (χ0v) is 18.1. The summed E-state index contributed by atoms with van der Waals surface area (Å²) in [5, 5.41) is 27.7. The van der Waals surface area contributed by atoms with Gasteiger partial charge in [-0.2, -0.15) is 0 Å². The minimum Gasteiger partial charge on any atom is -0.480 e. The van der Waals surface area contributed by atoms with Crippen molar-refractivity contribution in [1.82, 2.24) is 10.2 Å². The average molecular weight is 447 g/mol. The molecule has 0 aromatic rings. The molecule has 0 bridgehead atoms. The number of carbonyl (C=O) groups is 4. The van der Waals surface area contributed by atoms with E-state index in [1.54, 1.807) is 4.90 Å². The van der Waals surface area contributed by atoms with Gasteiger partial charge in [-0.05, 0) is 25.7 Å². The average Bonchev–Trinajstić information content (AvgIpc) is 2.68. The summed E-state index contributed by atoms with van der Waals surface area (Å²) >= 11 is 0. The molecule has 2 saturated carbocycles. The number of carboxylic acids is 3. The van der Waals surface area contributed by atoms with Crippen LogP contribution in [0.3, 0.4) is 0 Å². The molecule has 0 aromatic heterocycles. The van der Waals surface area contributed by atoms with Crippen molar-refractivity contribution >= 4 is 23.8 Å². The van der Waals surface area contributed by atoms with Gasteiger partial charge in [-0.25, -0.2) is 0 Å². The van der Waals surface area contributed by atoms with E-state index in [0.29, 0.717) is 6.04 Å². The second-order valence-corrected chi connectivity index (χ2v) is 7.85. The van der Waals surface area contributed by atoms with Gasteiger partial charge >= 0.3 is 17.9 Å². The van der Waals surface area contributed by atoms with E-state index in [2.05, 4.69) is 11.1 Å². The van der Waals surface area contributed by atoms with Crippen molar-refractivity contribution in [3.8, 4) is 0 Å². The molecule has 0 spiro atoms. The maximum absolute atomic E-state index is 10.6. The summed E-state index contributed by atoms with van der Waals surface area (Å²) in [6.45, 7) is -0.664. The second-order valence-electron chi connectivity index (χ2n) is 7.85. The van der Waals surface area contributed by atoms with Crippen molar-refractivity contribution < 1.29 is 34.5 Å². The van der Waals surface area contributed by atoms with Gasteiger partial charge in [0.05, 0.1) is 26.2 Å². The third kappa shape index (κ3) is 18.3. The lowest BCUT2D eigenvalue weighted by molar-refractivity contribution is -0.143. The van der Waals surface area contributed by atoms with Crippen molar-refractivity contribution in [3.05, 3.63) is 0 Å². The Morgan fingerprint density at radius 1 is 0.742 bits per heavy atom. The molecular formula is C20H38N4O7. The molecule has 2 fully saturated rings. The van der Waals surface area contributed by atoms with Crippen LogP contribution in [0, 0.1) is 0 Å². The zero-order valence-electron chi connectivity index (χ0n) is 18.1. The standard InChI is InChI=1S/C10H17NO4.C6H13N.C4H8N2O3/c12-9(13)6-11(7-10(14)15)8-4-2-1-3-5-8;7-6-4-2-1-3-5-6;5-3(7)1-6-2-4(8)9/h8H,1-7H2,(H,12,13)(H,14,15);6H,1-5,7H2;6H,1-2H2,(H2,5,7)(H,8,9). The first-order chi connectivity index (χ1) is 14.6. The van der Waals surface area contributed by atoms with E-state index in [1.165, 1.54) is 38.5 Å². The van der Waals surface area contributed by atoms with Crippen LogP contribution in [0.2, 0.25) is 0 Å². The van der Waals surface area contributed by atoms with E-state index in [4.69, 9.17) is 21.1 Å². The lowest BCUT2D eigenvalue weighted by Gasteiger charge is -2.31. The number of rotatable bonds is 9. The molecule has 0 heterocycles. The fourth-order valence-electron chi connectivity index (χ4n) is 3.53. The van der Waals surface area contributed by atoms with Crippen molar-refractivity contribution in [1.29, 1.82) is 0 Å². The first-order valence-electron chi connectivity index (χ1n) is 10.8. The summed E-state index contributed by atoms with van der Waals surface area (Å²) in [7, 11) is 0. The Morgan fingerprint density at radius 3 is 1.52 bits per heavy atom. The molecule has 2 aliphatic carbocycles. The summed E-state index contributed by atoms with van der Waals surface area (Å²) in [6, 6.07) is 0.666. The number of hydrogen-bond donors (Lipinski definition) is 6. The van der Waals surface area contributed by atoms with Crippen LogP contribution in [0.25, 0.3) is 0 Å². The molecule has 1 amide bonds. The molecule has 11 heteroatoms. The number of nitrogens with zero attached hydrogens (tertiary/aromatic N) is 1. The quantitative estimate of drug-likeness (QED) is 0.285. The van der Waals surface area contributed by atoms with E-state index < -0.39 is 23.8 Å². The predicted molar refractivity (Wildman–Crippen MR) is 114 cm³/mol. The molecule has 0 atom stereocenters. The van der Waals surface area contributed by atoms with Crippen molar-refractivity contribution in [2.45, 2.75) is 76.3 Å². The molecule has 0 aliphatic heterocycles. The molecule has 0 aromatic carbocycles. The molecule has 0 unspecified atom stereocenters. The number of carbonyl (C=O) groups excluding carboxylic acids is 1. The van der Waals surface area contributed by atoms with Gasteiger partial charge < -0.3 is 26.8 Å². The summed E-state index contributed by atoms with van der Waals surface area (Å²) in [6.07, 6.45) is 11.8. The number of nitrogens with two attached hydrogens (primary N) is 2. The maximum atomic E-state index is 10.6. The molecule has 8 N–H and O–H groups in total. The summed E-state index contributed by atoms with van der Waals surface area (Å²) < 4.78 is 0. The van der Waals surface area contributed by atoms with Gasteiger partial charge in [0, 0.05) is 12.1 Å². The van der Waals surface area contributed by atoms with Gasteiger partial charge in [0.2, 0.25) is 5.91 Å². The molecule has 0 saturated heterocycles. The Hall–Kier alpha value is -2.24. The van der Waals surface area contributed by atoms with Crippen LogP contribution < -0.4 is 16.8 Å². The van der Waals surface area contributed by atoms with Crippen LogP contribution in [-0.4, -0.2) is 82.3 Å². The monoisotopic (exact) mass is 446 g/mol. The second kappa shape index (κ2) is 17.4. The van der Waals surface area contributed by atoms with E-state index >= 15 is 0 Å². The molecule has 31 heavy (non-hydrogen) atoms. The van der Waals surface area contributed by atoms with Crippen LogP contribution in [0.4, 0.5) is 0 Å². The third-order valence-corrected chi connectivity index (χ3v) is 4.99. The van der Waals surface area contributed by atoms with Crippen LogP contribution in [0.1, 0.15) is 64.2 Å². The number of hydrogen-bond acceptors (Lipinski definition) is 7. The van der Waals surface area contributed by atoms with Crippen molar-refractivity contribution in [2.24, 2.45) is 11.5 Å². The highest BCUT2D eigenvalue weighted by Gasteiger charge is 2.24. The molecule has 0 radical (unpaired) electrons.